The molecular weight excluding hydrogens is 384 g/mol. The van der Waals surface area contributed by atoms with Crippen molar-refractivity contribution < 1.29 is 9.53 Å². The molecule has 30 heavy (non-hydrogen) atoms. The van der Waals surface area contributed by atoms with Crippen molar-refractivity contribution >= 4 is 18.7 Å². The Morgan fingerprint density at radius 3 is 1.70 bits per heavy atom. The third kappa shape index (κ3) is 5.40. The minimum atomic E-state index is -2.48. The van der Waals surface area contributed by atoms with Crippen molar-refractivity contribution in [2.24, 2.45) is 5.41 Å². The summed E-state index contributed by atoms with van der Waals surface area (Å²) in [6.07, 6.45) is 7.45. The topological polar surface area (TPSA) is 29.5 Å². The van der Waals surface area contributed by atoms with Gasteiger partial charge in [0.05, 0.1) is 0 Å². The van der Waals surface area contributed by atoms with Crippen molar-refractivity contribution in [3.05, 3.63) is 86.0 Å². The van der Waals surface area contributed by atoms with Crippen LogP contribution in [0, 0.1) is 5.41 Å². The molecule has 0 bridgehead atoms. The van der Waals surface area contributed by atoms with Gasteiger partial charge in [-0.15, -0.1) is 13.2 Å². The fourth-order valence-corrected chi connectivity index (χ4v) is 9.02. The Morgan fingerprint density at radius 1 is 0.833 bits per heavy atom. The van der Waals surface area contributed by atoms with Gasteiger partial charge in [0.15, 0.2) is 0 Å². The van der Waals surface area contributed by atoms with Crippen LogP contribution in [-0.4, -0.2) is 26.6 Å². The molecule has 0 amide bonds. The van der Waals surface area contributed by atoms with E-state index < -0.39 is 8.32 Å². The maximum atomic E-state index is 9.25. The first kappa shape index (κ1) is 24.3. The zero-order valence-electron chi connectivity index (χ0n) is 18.9. The summed E-state index contributed by atoms with van der Waals surface area (Å²) >= 11 is 0. The molecule has 1 N–H and O–H groups in total. The molecule has 0 aromatic heterocycles. The fourth-order valence-electron chi connectivity index (χ4n) is 4.41. The quantitative estimate of drug-likeness (QED) is 0.279. The van der Waals surface area contributed by atoms with E-state index in [0.29, 0.717) is 6.61 Å². The van der Waals surface area contributed by atoms with Gasteiger partial charge < -0.3 is 9.53 Å². The number of hydrogen-bond acceptors (Lipinski definition) is 2. The normalized spacial score (nSPS) is 12.5. The van der Waals surface area contributed by atoms with Gasteiger partial charge in [-0.1, -0.05) is 93.6 Å². The summed E-state index contributed by atoms with van der Waals surface area (Å²) in [4.78, 5) is 0. The standard InChI is InChI=1S/C27H38O2Si/c1-6-27(7-2,20-14-22-28)21-15-23-29-30(26(3,4)5,24-16-10-8-11-17-24)25-18-12-9-13-19-25/h6-13,16-19,28H,1-2,14-15,20-23H2,3-5H3. The van der Waals surface area contributed by atoms with E-state index in [4.69, 9.17) is 4.43 Å². The molecule has 0 aliphatic rings. The van der Waals surface area contributed by atoms with Crippen molar-refractivity contribution in [3.8, 4) is 0 Å². The van der Waals surface area contributed by atoms with Gasteiger partial charge in [-0.05, 0) is 41.1 Å². The second-order valence-corrected chi connectivity index (χ2v) is 13.4. The molecule has 162 valence electrons. The highest BCUT2D eigenvalue weighted by molar-refractivity contribution is 6.99. The number of benzene rings is 2. The average Bonchev–Trinajstić information content (AvgIpc) is 2.76. The molecule has 2 nitrogen and oxygen atoms in total. The van der Waals surface area contributed by atoms with Crippen molar-refractivity contribution in [1.29, 1.82) is 0 Å². The van der Waals surface area contributed by atoms with Crippen LogP contribution in [0.15, 0.2) is 86.0 Å². The third-order valence-corrected chi connectivity index (χ3v) is 11.2. The van der Waals surface area contributed by atoms with Crippen LogP contribution in [0.5, 0.6) is 0 Å². The van der Waals surface area contributed by atoms with Crippen LogP contribution in [-0.2, 0) is 4.43 Å². The van der Waals surface area contributed by atoms with Crippen LogP contribution in [0.25, 0.3) is 0 Å². The summed E-state index contributed by atoms with van der Waals surface area (Å²) < 4.78 is 6.98. The number of rotatable bonds is 12. The highest BCUT2D eigenvalue weighted by atomic mass is 28.4. The maximum absolute atomic E-state index is 9.25. The Kier molecular flexibility index (Phi) is 8.84. The second-order valence-electron chi connectivity index (χ2n) is 9.08. The second kappa shape index (κ2) is 10.9. The fraction of sp³-hybridized carbons (Fsp3) is 0.407. The van der Waals surface area contributed by atoms with Crippen molar-refractivity contribution in [3.63, 3.8) is 0 Å². The van der Waals surface area contributed by atoms with Gasteiger partial charge in [0.25, 0.3) is 8.32 Å². The lowest BCUT2D eigenvalue weighted by Crippen LogP contribution is -2.66. The molecule has 0 aliphatic carbocycles. The highest BCUT2D eigenvalue weighted by Gasteiger charge is 2.50. The van der Waals surface area contributed by atoms with E-state index in [1.165, 1.54) is 10.4 Å². The summed E-state index contributed by atoms with van der Waals surface area (Å²) in [5.74, 6) is 0. The van der Waals surface area contributed by atoms with E-state index in [2.05, 4.69) is 94.6 Å². The van der Waals surface area contributed by atoms with E-state index in [1.54, 1.807) is 0 Å². The van der Waals surface area contributed by atoms with Gasteiger partial charge in [0.1, 0.15) is 0 Å². The van der Waals surface area contributed by atoms with Crippen LogP contribution in [0.1, 0.15) is 46.5 Å². The van der Waals surface area contributed by atoms with E-state index in [-0.39, 0.29) is 17.1 Å². The molecule has 0 atom stereocenters. The minimum Gasteiger partial charge on any atom is -0.407 e. The molecule has 0 radical (unpaired) electrons. The molecule has 2 aromatic carbocycles. The predicted molar refractivity (Wildman–Crippen MR) is 132 cm³/mol. The summed E-state index contributed by atoms with van der Waals surface area (Å²) in [6.45, 7) is 15.9. The molecule has 0 spiro atoms. The molecule has 0 aliphatic heterocycles. The Morgan fingerprint density at radius 2 is 1.30 bits per heavy atom. The lowest BCUT2D eigenvalue weighted by molar-refractivity contribution is 0.242. The first-order valence-corrected chi connectivity index (χ1v) is 12.9. The molecular formula is C27H38O2Si. The summed E-state index contributed by atoms with van der Waals surface area (Å²) in [6, 6.07) is 21.5. The van der Waals surface area contributed by atoms with E-state index >= 15 is 0 Å². The lowest BCUT2D eigenvalue weighted by Gasteiger charge is -2.43. The summed E-state index contributed by atoms with van der Waals surface area (Å²) in [5.41, 5.74) is -0.141. The highest BCUT2D eigenvalue weighted by Crippen LogP contribution is 2.37. The van der Waals surface area contributed by atoms with Crippen LogP contribution in [0.2, 0.25) is 5.04 Å². The Hall–Kier alpha value is -1.94. The van der Waals surface area contributed by atoms with Gasteiger partial charge in [0, 0.05) is 18.6 Å². The molecule has 0 saturated heterocycles. The molecule has 0 saturated carbocycles. The van der Waals surface area contributed by atoms with Crippen molar-refractivity contribution in [1.82, 2.24) is 0 Å². The molecule has 2 aromatic rings. The lowest BCUT2D eigenvalue weighted by atomic mass is 9.79. The zero-order valence-corrected chi connectivity index (χ0v) is 19.9. The summed E-state index contributed by atoms with van der Waals surface area (Å²) in [5, 5.41) is 11.9. The smallest absolute Gasteiger partial charge is 0.261 e. The Labute approximate surface area is 184 Å². The van der Waals surface area contributed by atoms with E-state index in [1.807, 2.05) is 12.2 Å². The number of hydrogen-bond donors (Lipinski definition) is 1. The molecule has 0 fully saturated rings. The summed E-state index contributed by atoms with van der Waals surface area (Å²) in [7, 11) is -2.48. The van der Waals surface area contributed by atoms with E-state index in [0.717, 1.165) is 25.7 Å². The van der Waals surface area contributed by atoms with Crippen LogP contribution in [0.3, 0.4) is 0 Å². The minimum absolute atomic E-state index is 0.0133. The van der Waals surface area contributed by atoms with Gasteiger partial charge in [-0.2, -0.15) is 0 Å². The third-order valence-electron chi connectivity index (χ3n) is 6.14. The van der Waals surface area contributed by atoms with Gasteiger partial charge in [0.2, 0.25) is 0 Å². The monoisotopic (exact) mass is 422 g/mol. The first-order valence-electron chi connectivity index (χ1n) is 11.0. The largest absolute Gasteiger partial charge is 0.407 e. The SMILES string of the molecule is C=CC(C=C)(CCCO)CCCO[Si](c1ccccc1)(c1ccccc1)C(C)(C)C. The van der Waals surface area contributed by atoms with Crippen LogP contribution >= 0.6 is 0 Å². The average molecular weight is 423 g/mol. The maximum Gasteiger partial charge on any atom is 0.261 e. The molecule has 0 heterocycles. The van der Waals surface area contributed by atoms with Gasteiger partial charge >= 0.3 is 0 Å². The van der Waals surface area contributed by atoms with Crippen molar-refractivity contribution in [2.45, 2.75) is 51.5 Å². The van der Waals surface area contributed by atoms with Gasteiger partial charge in [-0.3, -0.25) is 0 Å². The Bertz CT molecular complexity index is 730. The van der Waals surface area contributed by atoms with E-state index in [9.17, 15) is 5.11 Å². The number of allylic oxidation sites excluding steroid dienone is 2. The number of aliphatic hydroxyl groups excluding tert-OH is 1. The molecule has 3 heteroatoms. The van der Waals surface area contributed by atoms with Gasteiger partial charge in [-0.25, -0.2) is 0 Å². The molecule has 0 unspecified atom stereocenters. The van der Waals surface area contributed by atoms with Crippen LogP contribution < -0.4 is 10.4 Å². The Balaban J connectivity index is 2.31. The first-order chi connectivity index (χ1) is 14.3. The number of aliphatic hydroxyl groups is 1. The van der Waals surface area contributed by atoms with Crippen molar-refractivity contribution in [2.75, 3.05) is 13.2 Å². The van der Waals surface area contributed by atoms with Crippen LogP contribution in [0.4, 0.5) is 0 Å². The predicted octanol–water partition coefficient (Wildman–Crippen LogP) is 5.47. The molecule has 2 rings (SSSR count). The zero-order chi connectivity index (χ0) is 22.1.